The Morgan fingerprint density at radius 3 is 2.50 bits per heavy atom. The fourth-order valence-corrected chi connectivity index (χ4v) is 4.05. The van der Waals surface area contributed by atoms with Crippen molar-refractivity contribution in [1.82, 2.24) is 9.47 Å². The number of nitrogen functional groups attached to an aromatic ring is 1. The van der Waals surface area contributed by atoms with Crippen LogP contribution in [0.15, 0.2) is 11.0 Å². The van der Waals surface area contributed by atoms with Gasteiger partial charge in [-0.2, -0.15) is 0 Å². The van der Waals surface area contributed by atoms with E-state index >= 15 is 8.78 Å². The maximum Gasteiger partial charge on any atom is 0.341 e. The number of halogens is 2. The summed E-state index contributed by atoms with van der Waals surface area (Å²) in [5, 5.41) is 8.90. The van der Waals surface area contributed by atoms with Gasteiger partial charge in [0.1, 0.15) is 11.3 Å². The topological polar surface area (TPSA) is 109 Å². The molecule has 0 atom stereocenters. The Labute approximate surface area is 170 Å². The summed E-state index contributed by atoms with van der Waals surface area (Å²) < 4.78 is 32.4. The second-order valence-electron chi connectivity index (χ2n) is 7.64. The number of carbonyl (C=O) groups is 2. The molecule has 0 bridgehead atoms. The number of amides is 1. The molecular weight excluding hydrogens is 398 g/mol. The summed E-state index contributed by atoms with van der Waals surface area (Å²) in [4.78, 5) is 39.4. The number of benzene rings is 1. The highest BCUT2D eigenvalue weighted by Crippen LogP contribution is 2.41. The maximum absolute atomic E-state index is 15.7. The van der Waals surface area contributed by atoms with E-state index in [1.54, 1.807) is 4.90 Å². The number of carboxylic acid groups (broad SMARTS) is 1. The number of fused-ring (bicyclic) bond motifs is 1. The molecule has 1 saturated heterocycles. The van der Waals surface area contributed by atoms with Gasteiger partial charge in [-0.1, -0.05) is 0 Å². The van der Waals surface area contributed by atoms with Crippen LogP contribution in [0, 0.1) is 11.6 Å². The fraction of sp³-hybridized carbons (Fsp3) is 0.450. The number of likely N-dealkylation sites (N-methyl/N-ethyl adjacent to an activating group) is 1. The molecule has 1 aromatic heterocycles. The zero-order valence-electron chi connectivity index (χ0n) is 16.5. The number of nitrogens with zero attached hydrogens (tertiary/aromatic N) is 3. The first kappa shape index (κ1) is 20.1. The molecular formula is C20H22F2N4O4. The minimum atomic E-state index is -1.48. The van der Waals surface area contributed by atoms with Crippen molar-refractivity contribution >= 4 is 34.2 Å². The summed E-state index contributed by atoms with van der Waals surface area (Å²) in [5.74, 6) is -3.66. The highest BCUT2D eigenvalue weighted by atomic mass is 19.1. The number of rotatable bonds is 4. The first-order chi connectivity index (χ1) is 14.3. The quantitative estimate of drug-likeness (QED) is 0.732. The molecule has 10 heteroatoms. The van der Waals surface area contributed by atoms with Gasteiger partial charge in [0.25, 0.3) is 0 Å². The number of hydrogen-bond donors (Lipinski definition) is 2. The predicted molar refractivity (Wildman–Crippen MR) is 107 cm³/mol. The number of anilines is 2. The lowest BCUT2D eigenvalue weighted by atomic mass is 10.1. The van der Waals surface area contributed by atoms with Crippen LogP contribution in [0.1, 0.15) is 42.6 Å². The number of aromatic carboxylic acids is 1. The number of carboxylic acids is 1. The van der Waals surface area contributed by atoms with Crippen molar-refractivity contribution in [3.8, 4) is 0 Å². The molecule has 0 unspecified atom stereocenters. The lowest BCUT2D eigenvalue weighted by Crippen LogP contribution is -2.33. The van der Waals surface area contributed by atoms with Crippen LogP contribution in [0.3, 0.4) is 0 Å². The van der Waals surface area contributed by atoms with Crippen molar-refractivity contribution < 1.29 is 23.5 Å². The van der Waals surface area contributed by atoms with Crippen molar-refractivity contribution in [2.45, 2.75) is 32.2 Å². The van der Waals surface area contributed by atoms with Gasteiger partial charge in [-0.25, -0.2) is 13.6 Å². The van der Waals surface area contributed by atoms with E-state index in [2.05, 4.69) is 0 Å². The Hall–Kier alpha value is -3.17. The second kappa shape index (κ2) is 7.26. The Morgan fingerprint density at radius 2 is 1.90 bits per heavy atom. The lowest BCUT2D eigenvalue weighted by molar-refractivity contribution is -0.130. The third-order valence-corrected chi connectivity index (χ3v) is 5.82. The van der Waals surface area contributed by atoms with Gasteiger partial charge in [0, 0.05) is 44.8 Å². The van der Waals surface area contributed by atoms with Crippen LogP contribution in [0.4, 0.5) is 20.2 Å². The van der Waals surface area contributed by atoms with Crippen molar-refractivity contribution in [3.63, 3.8) is 0 Å². The molecule has 8 nitrogen and oxygen atoms in total. The minimum Gasteiger partial charge on any atom is -0.477 e. The number of hydrogen-bond acceptors (Lipinski definition) is 5. The van der Waals surface area contributed by atoms with E-state index in [4.69, 9.17) is 5.73 Å². The van der Waals surface area contributed by atoms with Crippen LogP contribution >= 0.6 is 0 Å². The molecule has 1 aliphatic heterocycles. The normalized spacial score (nSPS) is 17.5. The summed E-state index contributed by atoms with van der Waals surface area (Å²) in [6, 6.07) is -0.181. The van der Waals surface area contributed by atoms with E-state index in [1.165, 1.54) is 9.47 Å². The van der Waals surface area contributed by atoms with E-state index in [9.17, 15) is 19.5 Å². The monoisotopic (exact) mass is 420 g/mol. The van der Waals surface area contributed by atoms with E-state index in [0.717, 1.165) is 6.20 Å². The molecule has 30 heavy (non-hydrogen) atoms. The van der Waals surface area contributed by atoms with Crippen LogP contribution in [0.5, 0.6) is 0 Å². The Morgan fingerprint density at radius 1 is 1.20 bits per heavy atom. The van der Waals surface area contributed by atoms with Crippen LogP contribution in [0.25, 0.3) is 10.9 Å². The standard InChI is InChI=1S/C20H22F2N4O4/c1-2-24-7-8-25(6-5-12(24)27)18-14(21)16(23)13-17(15(18)22)26(10-3-4-10)9-11(19(13)28)20(29)30/h9-10H,2-8,23H2,1H3,(H,29,30). The number of nitrogens with two attached hydrogens (primary N) is 1. The molecule has 1 aliphatic carbocycles. The molecule has 3 N–H and O–H groups in total. The molecule has 1 amide bonds. The van der Waals surface area contributed by atoms with Crippen LogP contribution < -0.4 is 16.1 Å². The molecule has 4 rings (SSSR count). The maximum atomic E-state index is 15.7. The van der Waals surface area contributed by atoms with Gasteiger partial charge in [0.05, 0.1) is 16.6 Å². The zero-order chi connectivity index (χ0) is 21.7. The summed E-state index contributed by atoms with van der Waals surface area (Å²) in [5.41, 5.74) is 3.18. The zero-order valence-corrected chi connectivity index (χ0v) is 16.5. The SMILES string of the molecule is CCN1CCN(c2c(F)c(N)c3c(=O)c(C(=O)O)cn(C4CC4)c3c2F)CCC1=O. The van der Waals surface area contributed by atoms with E-state index in [-0.39, 0.29) is 42.7 Å². The molecule has 2 aliphatic rings. The smallest absolute Gasteiger partial charge is 0.341 e. The van der Waals surface area contributed by atoms with Crippen molar-refractivity contribution in [3.05, 3.63) is 33.6 Å². The molecule has 0 spiro atoms. The first-order valence-corrected chi connectivity index (χ1v) is 9.87. The number of aromatic nitrogens is 1. The minimum absolute atomic E-state index is 0.0953. The van der Waals surface area contributed by atoms with E-state index < -0.39 is 39.7 Å². The molecule has 0 radical (unpaired) electrons. The highest BCUT2D eigenvalue weighted by Gasteiger charge is 2.33. The molecule has 2 fully saturated rings. The predicted octanol–water partition coefficient (Wildman–Crippen LogP) is 1.95. The van der Waals surface area contributed by atoms with Crippen LogP contribution in [0.2, 0.25) is 0 Å². The summed E-state index contributed by atoms with van der Waals surface area (Å²) in [6.45, 7) is 2.95. The van der Waals surface area contributed by atoms with Crippen molar-refractivity contribution in [2.75, 3.05) is 36.8 Å². The summed E-state index contributed by atoms with van der Waals surface area (Å²) in [6.07, 6.45) is 2.58. The van der Waals surface area contributed by atoms with E-state index in [1.807, 2.05) is 6.92 Å². The molecule has 1 saturated carbocycles. The summed E-state index contributed by atoms with van der Waals surface area (Å²) >= 11 is 0. The van der Waals surface area contributed by atoms with Gasteiger partial charge in [-0.05, 0) is 19.8 Å². The lowest BCUT2D eigenvalue weighted by Gasteiger charge is -2.26. The highest BCUT2D eigenvalue weighted by molar-refractivity contribution is 6.00. The average Bonchev–Trinajstić information content (AvgIpc) is 3.55. The van der Waals surface area contributed by atoms with Crippen LogP contribution in [-0.2, 0) is 4.79 Å². The van der Waals surface area contributed by atoms with Gasteiger partial charge in [0.15, 0.2) is 11.6 Å². The average molecular weight is 420 g/mol. The third kappa shape index (κ3) is 3.06. The van der Waals surface area contributed by atoms with Gasteiger partial charge < -0.3 is 25.2 Å². The van der Waals surface area contributed by atoms with Crippen molar-refractivity contribution in [2.24, 2.45) is 0 Å². The van der Waals surface area contributed by atoms with Gasteiger partial charge in [-0.3, -0.25) is 9.59 Å². The van der Waals surface area contributed by atoms with Gasteiger partial charge >= 0.3 is 5.97 Å². The third-order valence-electron chi connectivity index (χ3n) is 5.82. The number of carbonyl (C=O) groups excluding carboxylic acids is 1. The largest absolute Gasteiger partial charge is 0.477 e. The fourth-order valence-electron chi connectivity index (χ4n) is 4.05. The molecule has 2 heterocycles. The van der Waals surface area contributed by atoms with E-state index in [0.29, 0.717) is 25.9 Å². The molecule has 2 aromatic rings. The molecule has 1 aromatic carbocycles. The van der Waals surface area contributed by atoms with Gasteiger partial charge in [-0.15, -0.1) is 0 Å². The first-order valence-electron chi connectivity index (χ1n) is 9.87. The summed E-state index contributed by atoms with van der Waals surface area (Å²) in [7, 11) is 0. The van der Waals surface area contributed by atoms with Crippen molar-refractivity contribution in [1.29, 1.82) is 0 Å². The number of pyridine rings is 1. The molecule has 160 valence electrons. The Bertz CT molecular complexity index is 1130. The Kier molecular flexibility index (Phi) is 4.87. The van der Waals surface area contributed by atoms with Gasteiger partial charge in [0.2, 0.25) is 11.3 Å². The second-order valence-corrected chi connectivity index (χ2v) is 7.64. The Balaban J connectivity index is 1.96. The van der Waals surface area contributed by atoms with Crippen LogP contribution in [-0.4, -0.2) is 52.6 Å².